The molecule has 1 unspecified atom stereocenters. The first-order chi connectivity index (χ1) is 15.5. The Morgan fingerprint density at radius 2 is 1.67 bits per heavy atom. The number of carbonyl (C=O) groups excluding carboxylic acids is 2. The number of hydrogen-bond donors (Lipinski definition) is 3. The number of amides is 2. The molecule has 1 atom stereocenters. The molecule has 3 N–H and O–H groups in total. The van der Waals surface area contributed by atoms with E-state index in [4.69, 9.17) is 11.6 Å². The number of hydrogen-bond acceptors (Lipinski definition) is 4. The number of fused-ring (bicyclic) bond motifs is 1. The molecular weight excluding hydrogens is 472 g/mol. The zero-order valence-electron chi connectivity index (χ0n) is 16.1. The second-order valence-corrected chi connectivity index (χ2v) is 7.34. The first-order valence-corrected chi connectivity index (χ1v) is 9.46. The van der Waals surface area contributed by atoms with Gasteiger partial charge in [0.1, 0.15) is 17.2 Å². The number of nitrogens with one attached hydrogen (secondary N) is 3. The first-order valence-electron chi connectivity index (χ1n) is 9.08. The SMILES string of the molecule is O=C(NC1(C(F)(F)F)C(=O)Nc2c1c(=O)[nH]c(=O)n2-c1ccc(F)cc1)c1ccccc1Cl. The molecule has 2 amide bonds. The van der Waals surface area contributed by atoms with Crippen LogP contribution in [0.2, 0.25) is 5.02 Å². The predicted molar refractivity (Wildman–Crippen MR) is 108 cm³/mol. The minimum Gasteiger partial charge on any atom is -0.326 e. The van der Waals surface area contributed by atoms with Crippen molar-refractivity contribution >= 4 is 29.2 Å². The van der Waals surface area contributed by atoms with Crippen LogP contribution in [-0.2, 0) is 10.3 Å². The third kappa shape index (κ3) is 3.39. The van der Waals surface area contributed by atoms with E-state index in [2.05, 4.69) is 0 Å². The number of alkyl halides is 3. The van der Waals surface area contributed by atoms with E-state index in [-0.39, 0.29) is 16.3 Å². The maximum absolute atomic E-state index is 14.4. The van der Waals surface area contributed by atoms with Crippen LogP contribution in [0, 0.1) is 5.82 Å². The maximum Gasteiger partial charge on any atom is 0.425 e. The third-order valence-electron chi connectivity index (χ3n) is 4.99. The van der Waals surface area contributed by atoms with Gasteiger partial charge in [0.25, 0.3) is 22.9 Å². The molecule has 0 saturated heterocycles. The van der Waals surface area contributed by atoms with Gasteiger partial charge in [0.05, 0.1) is 16.3 Å². The number of nitrogens with zero attached hydrogens (tertiary/aromatic N) is 1. The van der Waals surface area contributed by atoms with Gasteiger partial charge in [0.2, 0.25) is 0 Å². The Morgan fingerprint density at radius 1 is 1.03 bits per heavy atom. The molecule has 3 aromatic rings. The van der Waals surface area contributed by atoms with Crippen LogP contribution < -0.4 is 21.9 Å². The molecule has 0 spiro atoms. The molecule has 170 valence electrons. The Labute approximate surface area is 185 Å². The van der Waals surface area contributed by atoms with Crippen LogP contribution in [0.25, 0.3) is 5.69 Å². The highest BCUT2D eigenvalue weighted by atomic mass is 35.5. The van der Waals surface area contributed by atoms with E-state index < -0.39 is 52.0 Å². The molecule has 4 rings (SSSR count). The maximum atomic E-state index is 14.4. The van der Waals surface area contributed by atoms with Crippen LogP contribution in [0.4, 0.5) is 23.4 Å². The van der Waals surface area contributed by atoms with Crippen LogP contribution >= 0.6 is 11.6 Å². The molecule has 0 saturated carbocycles. The van der Waals surface area contributed by atoms with Crippen molar-refractivity contribution in [2.24, 2.45) is 0 Å². The van der Waals surface area contributed by atoms with Crippen LogP contribution in [-0.4, -0.2) is 27.5 Å². The van der Waals surface area contributed by atoms with Gasteiger partial charge in [-0.2, -0.15) is 13.2 Å². The van der Waals surface area contributed by atoms with Crippen LogP contribution in [0.3, 0.4) is 0 Å². The van der Waals surface area contributed by atoms with E-state index in [9.17, 15) is 36.7 Å². The largest absolute Gasteiger partial charge is 0.425 e. The summed E-state index contributed by atoms with van der Waals surface area (Å²) in [5.74, 6) is -4.73. The van der Waals surface area contributed by atoms with E-state index in [0.717, 1.165) is 30.3 Å². The Balaban J connectivity index is 1.98. The molecule has 0 radical (unpaired) electrons. The lowest BCUT2D eigenvalue weighted by molar-refractivity contribution is -0.196. The van der Waals surface area contributed by atoms with Crippen LogP contribution in [0.15, 0.2) is 58.1 Å². The van der Waals surface area contributed by atoms with Crippen molar-refractivity contribution in [2.45, 2.75) is 11.7 Å². The summed E-state index contributed by atoms with van der Waals surface area (Å²) < 4.78 is 57.0. The monoisotopic (exact) mass is 482 g/mol. The number of anilines is 1. The van der Waals surface area contributed by atoms with Crippen molar-refractivity contribution in [3.8, 4) is 5.69 Å². The molecule has 1 aliphatic rings. The number of rotatable bonds is 3. The summed E-state index contributed by atoms with van der Waals surface area (Å²) >= 11 is 5.88. The van der Waals surface area contributed by atoms with Gasteiger partial charge in [0, 0.05) is 0 Å². The molecular formula is C20H11ClF4N4O4. The second kappa shape index (κ2) is 7.59. The lowest BCUT2D eigenvalue weighted by Gasteiger charge is -2.30. The smallest absolute Gasteiger partial charge is 0.326 e. The number of H-pyrrole nitrogens is 1. The number of aromatic amines is 1. The van der Waals surface area contributed by atoms with E-state index in [1.807, 2.05) is 5.32 Å². The predicted octanol–water partition coefficient (Wildman–Crippen LogP) is 2.46. The highest BCUT2D eigenvalue weighted by Gasteiger charge is 2.68. The number of benzene rings is 2. The van der Waals surface area contributed by atoms with E-state index in [0.29, 0.717) is 4.57 Å². The van der Waals surface area contributed by atoms with Gasteiger partial charge in [-0.3, -0.25) is 19.4 Å². The normalized spacial score (nSPS) is 17.4. The number of aromatic nitrogens is 2. The molecule has 8 nitrogen and oxygen atoms in total. The summed E-state index contributed by atoms with van der Waals surface area (Å²) in [6, 6.07) is 9.09. The van der Waals surface area contributed by atoms with Crippen molar-refractivity contribution in [1.82, 2.24) is 14.9 Å². The topological polar surface area (TPSA) is 113 Å². The molecule has 1 aliphatic heterocycles. The molecule has 13 heteroatoms. The quantitative estimate of drug-likeness (QED) is 0.498. The fraction of sp³-hybridized carbons (Fsp3) is 0.100. The van der Waals surface area contributed by atoms with Crippen LogP contribution in [0.5, 0.6) is 0 Å². The first kappa shape index (κ1) is 22.3. The highest BCUT2D eigenvalue weighted by Crippen LogP contribution is 2.45. The van der Waals surface area contributed by atoms with Crippen molar-refractivity contribution in [3.05, 3.63) is 91.3 Å². The molecule has 0 fully saturated rings. The highest BCUT2D eigenvalue weighted by molar-refractivity contribution is 6.34. The van der Waals surface area contributed by atoms with Crippen molar-refractivity contribution in [3.63, 3.8) is 0 Å². The molecule has 1 aromatic heterocycles. The van der Waals surface area contributed by atoms with Gasteiger partial charge < -0.3 is 10.6 Å². The lowest BCUT2D eigenvalue weighted by Crippen LogP contribution is -2.62. The number of carbonyl (C=O) groups is 2. The van der Waals surface area contributed by atoms with Gasteiger partial charge in [-0.15, -0.1) is 0 Å². The van der Waals surface area contributed by atoms with Crippen LogP contribution in [0.1, 0.15) is 15.9 Å². The summed E-state index contributed by atoms with van der Waals surface area (Å²) in [4.78, 5) is 52.1. The summed E-state index contributed by atoms with van der Waals surface area (Å²) in [6.07, 6.45) is -5.52. The average molecular weight is 483 g/mol. The van der Waals surface area contributed by atoms with Gasteiger partial charge >= 0.3 is 11.9 Å². The summed E-state index contributed by atoms with van der Waals surface area (Å²) in [5, 5.41) is 3.26. The summed E-state index contributed by atoms with van der Waals surface area (Å²) in [7, 11) is 0. The minimum atomic E-state index is -5.52. The molecule has 2 aromatic carbocycles. The molecule has 0 aliphatic carbocycles. The van der Waals surface area contributed by atoms with Gasteiger partial charge in [0.15, 0.2) is 0 Å². The summed E-state index contributed by atoms with van der Waals surface area (Å²) in [5.41, 5.74) is -8.38. The Bertz CT molecular complexity index is 1420. The van der Waals surface area contributed by atoms with Crippen molar-refractivity contribution < 1.29 is 27.2 Å². The Kier molecular flexibility index (Phi) is 5.12. The van der Waals surface area contributed by atoms with Gasteiger partial charge in [-0.25, -0.2) is 13.8 Å². The average Bonchev–Trinajstić information content (AvgIpc) is 3.02. The Morgan fingerprint density at radius 3 is 2.27 bits per heavy atom. The van der Waals surface area contributed by atoms with Crippen molar-refractivity contribution in [1.29, 1.82) is 0 Å². The van der Waals surface area contributed by atoms with Gasteiger partial charge in [-0.05, 0) is 36.4 Å². The van der Waals surface area contributed by atoms with Gasteiger partial charge in [-0.1, -0.05) is 23.7 Å². The molecule has 0 bridgehead atoms. The lowest BCUT2D eigenvalue weighted by atomic mass is 9.91. The van der Waals surface area contributed by atoms with E-state index >= 15 is 0 Å². The third-order valence-corrected chi connectivity index (χ3v) is 5.32. The fourth-order valence-corrected chi connectivity index (χ4v) is 3.72. The summed E-state index contributed by atoms with van der Waals surface area (Å²) in [6.45, 7) is 0. The standard InChI is InChI=1S/C20H11ClF4N4O4/c21-12-4-2-1-3-11(12)15(30)28-19(20(23,24)25)13-14(26-17(19)32)29(18(33)27-16(13)31)10-7-5-9(22)6-8-10/h1-8H,(H,26,32)(H,28,30)(H,27,31,33). The minimum absolute atomic E-state index is 0.149. The van der Waals surface area contributed by atoms with E-state index in [1.165, 1.54) is 18.2 Å². The Hall–Kier alpha value is -3.93. The zero-order chi connectivity index (χ0) is 24.1. The fourth-order valence-electron chi connectivity index (χ4n) is 3.50. The number of halogens is 5. The van der Waals surface area contributed by atoms with E-state index in [1.54, 1.807) is 10.3 Å². The second-order valence-electron chi connectivity index (χ2n) is 6.93. The van der Waals surface area contributed by atoms with Crippen molar-refractivity contribution in [2.75, 3.05) is 5.32 Å². The zero-order valence-corrected chi connectivity index (χ0v) is 16.8. The molecule has 33 heavy (non-hydrogen) atoms. The molecule has 2 heterocycles.